The molecular formula is C13H17N3O4S. The zero-order valence-electron chi connectivity index (χ0n) is 12.3. The summed E-state index contributed by atoms with van der Waals surface area (Å²) in [7, 11) is -3.62. The molecule has 114 valence electrons. The van der Waals surface area contributed by atoms with Crippen molar-refractivity contribution in [1.29, 1.82) is 0 Å². The van der Waals surface area contributed by atoms with Crippen molar-refractivity contribution >= 4 is 27.0 Å². The van der Waals surface area contributed by atoms with Crippen LogP contribution in [0.25, 0.3) is 11.1 Å². The molecule has 0 saturated carbocycles. The lowest BCUT2D eigenvalue weighted by molar-refractivity contribution is 0.0981. The molecule has 0 radical (unpaired) electrons. The lowest BCUT2D eigenvalue weighted by Crippen LogP contribution is -2.29. The number of hydrogen-bond acceptors (Lipinski definition) is 6. The number of carbonyl (C=O) groups excluding carboxylic acids is 1. The lowest BCUT2D eigenvalue weighted by atomic mass is 9.90. The van der Waals surface area contributed by atoms with Gasteiger partial charge < -0.3 is 4.52 Å². The Morgan fingerprint density at radius 2 is 2.05 bits per heavy atom. The summed E-state index contributed by atoms with van der Waals surface area (Å²) >= 11 is 0. The highest BCUT2D eigenvalue weighted by Gasteiger charge is 2.20. The Labute approximate surface area is 122 Å². The monoisotopic (exact) mass is 311 g/mol. The first kappa shape index (κ1) is 15.4. The third-order valence-corrected chi connectivity index (χ3v) is 3.20. The van der Waals surface area contributed by atoms with Gasteiger partial charge in [0.1, 0.15) is 0 Å². The fraction of sp³-hybridized carbons (Fsp3) is 0.462. The van der Waals surface area contributed by atoms with Gasteiger partial charge in [-0.1, -0.05) is 25.9 Å². The number of sulfonamides is 1. The number of pyridine rings is 1. The number of rotatable bonds is 3. The molecule has 0 fully saturated rings. The van der Waals surface area contributed by atoms with E-state index in [2.05, 4.69) is 30.9 Å². The standard InChI is InChI=1S/C13H17N3O4S/c1-13(2,3)6-10-9-5-8(7-14-12(9)20-15-10)11(17)16-21(4,18)19/h5,7H,6H2,1-4H3,(H,16,17). The van der Waals surface area contributed by atoms with Crippen LogP contribution in [-0.2, 0) is 16.4 Å². The van der Waals surface area contributed by atoms with E-state index < -0.39 is 15.9 Å². The van der Waals surface area contributed by atoms with Crippen molar-refractivity contribution < 1.29 is 17.7 Å². The van der Waals surface area contributed by atoms with E-state index in [-0.39, 0.29) is 11.0 Å². The maximum Gasteiger partial charge on any atom is 0.266 e. The predicted molar refractivity (Wildman–Crippen MR) is 77.3 cm³/mol. The molecule has 7 nitrogen and oxygen atoms in total. The Balaban J connectivity index is 2.40. The molecule has 0 aliphatic rings. The van der Waals surface area contributed by atoms with Gasteiger partial charge in [0.05, 0.1) is 22.9 Å². The minimum atomic E-state index is -3.62. The van der Waals surface area contributed by atoms with Gasteiger partial charge in [0.2, 0.25) is 10.0 Å². The molecule has 21 heavy (non-hydrogen) atoms. The van der Waals surface area contributed by atoms with Gasteiger partial charge in [0.15, 0.2) is 0 Å². The summed E-state index contributed by atoms with van der Waals surface area (Å²) in [6.07, 6.45) is 2.83. The highest BCUT2D eigenvalue weighted by Crippen LogP contribution is 2.25. The highest BCUT2D eigenvalue weighted by molar-refractivity contribution is 7.89. The van der Waals surface area contributed by atoms with Gasteiger partial charge in [-0.25, -0.2) is 18.1 Å². The topological polar surface area (TPSA) is 102 Å². The minimum absolute atomic E-state index is 0.00513. The number of amides is 1. The molecule has 0 saturated heterocycles. The summed E-state index contributed by atoms with van der Waals surface area (Å²) in [6, 6.07) is 1.54. The van der Waals surface area contributed by atoms with Gasteiger partial charge in [-0.2, -0.15) is 0 Å². The van der Waals surface area contributed by atoms with Crippen LogP contribution in [0, 0.1) is 5.41 Å². The second-order valence-electron chi connectivity index (χ2n) is 6.15. The van der Waals surface area contributed by atoms with E-state index in [0.29, 0.717) is 23.2 Å². The number of hydrogen-bond donors (Lipinski definition) is 1. The van der Waals surface area contributed by atoms with Crippen LogP contribution >= 0.6 is 0 Å². The van der Waals surface area contributed by atoms with Gasteiger partial charge in [-0.05, 0) is 17.9 Å². The number of carbonyl (C=O) groups is 1. The summed E-state index contributed by atoms with van der Waals surface area (Å²) in [4.78, 5) is 15.8. The van der Waals surface area contributed by atoms with Crippen LogP contribution < -0.4 is 4.72 Å². The normalized spacial score (nSPS) is 12.6. The fourth-order valence-electron chi connectivity index (χ4n) is 1.86. The molecule has 0 aliphatic carbocycles. The van der Waals surface area contributed by atoms with Crippen LogP contribution in [0.15, 0.2) is 16.8 Å². The number of aromatic nitrogens is 2. The van der Waals surface area contributed by atoms with Crippen LogP contribution in [0.5, 0.6) is 0 Å². The van der Waals surface area contributed by atoms with Gasteiger partial charge in [-0.15, -0.1) is 0 Å². The maximum absolute atomic E-state index is 11.8. The Hall–Kier alpha value is -1.96. The zero-order chi connectivity index (χ0) is 15.8. The third-order valence-electron chi connectivity index (χ3n) is 2.64. The fourth-order valence-corrected chi connectivity index (χ4v) is 2.32. The first-order chi connectivity index (χ1) is 9.55. The molecule has 1 N–H and O–H groups in total. The molecule has 2 rings (SSSR count). The largest absolute Gasteiger partial charge is 0.336 e. The Bertz CT molecular complexity index is 787. The molecule has 0 bridgehead atoms. The first-order valence-corrected chi connectivity index (χ1v) is 8.21. The van der Waals surface area contributed by atoms with Crippen LogP contribution in [-0.4, -0.2) is 30.7 Å². The highest BCUT2D eigenvalue weighted by atomic mass is 32.2. The first-order valence-electron chi connectivity index (χ1n) is 6.32. The number of fused-ring (bicyclic) bond motifs is 1. The molecule has 1 amide bonds. The molecule has 0 aliphatic heterocycles. The Kier molecular flexibility index (Phi) is 3.75. The van der Waals surface area contributed by atoms with Gasteiger partial charge in [-0.3, -0.25) is 4.79 Å². The van der Waals surface area contributed by atoms with Gasteiger partial charge in [0.25, 0.3) is 11.6 Å². The average molecular weight is 311 g/mol. The van der Waals surface area contributed by atoms with Crippen molar-refractivity contribution in [2.75, 3.05) is 6.26 Å². The third kappa shape index (κ3) is 4.01. The molecule has 2 aromatic rings. The van der Waals surface area contributed by atoms with E-state index in [9.17, 15) is 13.2 Å². The second kappa shape index (κ2) is 5.10. The Morgan fingerprint density at radius 1 is 1.38 bits per heavy atom. The predicted octanol–water partition coefficient (Wildman–Crippen LogP) is 1.50. The molecule has 0 spiro atoms. The summed E-state index contributed by atoms with van der Waals surface area (Å²) in [5, 5.41) is 4.58. The second-order valence-corrected chi connectivity index (χ2v) is 7.90. The molecule has 8 heteroatoms. The molecule has 2 aromatic heterocycles. The zero-order valence-corrected chi connectivity index (χ0v) is 13.1. The van der Waals surface area contributed by atoms with Crippen molar-refractivity contribution in [3.8, 4) is 0 Å². The lowest BCUT2D eigenvalue weighted by Gasteiger charge is -2.15. The van der Waals surface area contributed by atoms with Crippen LogP contribution in [0.2, 0.25) is 0 Å². The van der Waals surface area contributed by atoms with Crippen LogP contribution in [0.1, 0.15) is 36.8 Å². The SMILES string of the molecule is CC(C)(C)Cc1noc2ncc(C(=O)NS(C)(=O)=O)cc12. The molecular weight excluding hydrogens is 294 g/mol. The van der Waals surface area contributed by atoms with Crippen molar-refractivity contribution in [3.63, 3.8) is 0 Å². The van der Waals surface area contributed by atoms with E-state index in [1.165, 1.54) is 6.20 Å². The van der Waals surface area contributed by atoms with Crippen LogP contribution in [0.3, 0.4) is 0 Å². The molecule has 2 heterocycles. The molecule has 0 aromatic carbocycles. The van der Waals surface area contributed by atoms with Crippen LogP contribution in [0.4, 0.5) is 0 Å². The van der Waals surface area contributed by atoms with Crippen molar-refractivity contribution in [2.24, 2.45) is 5.41 Å². The number of nitrogens with zero attached hydrogens (tertiary/aromatic N) is 2. The minimum Gasteiger partial charge on any atom is -0.336 e. The van der Waals surface area contributed by atoms with Gasteiger partial charge in [0, 0.05) is 6.20 Å². The van der Waals surface area contributed by atoms with Crippen molar-refractivity contribution in [2.45, 2.75) is 27.2 Å². The summed E-state index contributed by atoms with van der Waals surface area (Å²) < 4.78 is 29.2. The van der Waals surface area contributed by atoms with E-state index >= 15 is 0 Å². The van der Waals surface area contributed by atoms with Crippen molar-refractivity contribution in [3.05, 3.63) is 23.5 Å². The quantitative estimate of drug-likeness (QED) is 0.921. The number of nitrogens with one attached hydrogen (secondary N) is 1. The maximum atomic E-state index is 11.8. The van der Waals surface area contributed by atoms with E-state index in [1.807, 2.05) is 4.72 Å². The van der Waals surface area contributed by atoms with Gasteiger partial charge >= 0.3 is 0 Å². The molecule has 0 unspecified atom stereocenters. The summed E-state index contributed by atoms with van der Waals surface area (Å²) in [6.45, 7) is 6.17. The Morgan fingerprint density at radius 3 is 2.62 bits per heavy atom. The summed E-state index contributed by atoms with van der Waals surface area (Å²) in [5.74, 6) is -0.727. The van der Waals surface area contributed by atoms with E-state index in [4.69, 9.17) is 4.52 Å². The van der Waals surface area contributed by atoms with Crippen molar-refractivity contribution in [1.82, 2.24) is 14.9 Å². The average Bonchev–Trinajstić information content (AvgIpc) is 2.67. The smallest absolute Gasteiger partial charge is 0.266 e. The van der Waals surface area contributed by atoms with E-state index in [0.717, 1.165) is 6.26 Å². The molecule has 0 atom stereocenters. The van der Waals surface area contributed by atoms with E-state index in [1.54, 1.807) is 6.07 Å². The summed E-state index contributed by atoms with van der Waals surface area (Å²) in [5.41, 5.74) is 1.16.